The lowest BCUT2D eigenvalue weighted by Gasteiger charge is -2.35. The molecule has 0 bridgehead atoms. The molecule has 15 heavy (non-hydrogen) atoms. The summed E-state index contributed by atoms with van der Waals surface area (Å²) in [5.74, 6) is -1.49. The van der Waals surface area contributed by atoms with Gasteiger partial charge >= 0.3 is 5.97 Å². The number of hydrogen-bond donors (Lipinski definition) is 2. The lowest BCUT2D eigenvalue weighted by atomic mass is 9.69. The van der Waals surface area contributed by atoms with Gasteiger partial charge in [-0.2, -0.15) is 0 Å². The Labute approximate surface area is 90.2 Å². The maximum atomic E-state index is 11.6. The van der Waals surface area contributed by atoms with Gasteiger partial charge in [-0.05, 0) is 19.3 Å². The number of hydrogen-bond acceptors (Lipinski definition) is 4. The first kappa shape index (κ1) is 12.5. The molecule has 0 aromatic carbocycles. The van der Waals surface area contributed by atoms with Crippen LogP contribution in [-0.4, -0.2) is 28.1 Å². The lowest BCUT2D eigenvalue weighted by molar-refractivity contribution is -0.162. The van der Waals surface area contributed by atoms with Crippen LogP contribution in [0.25, 0.3) is 0 Å². The molecule has 0 aliphatic carbocycles. The van der Waals surface area contributed by atoms with Crippen molar-refractivity contribution < 1.29 is 19.7 Å². The fourth-order valence-corrected chi connectivity index (χ4v) is 2.23. The van der Waals surface area contributed by atoms with E-state index in [9.17, 15) is 15.0 Å². The predicted molar refractivity (Wildman–Crippen MR) is 54.8 cm³/mol. The van der Waals surface area contributed by atoms with Crippen LogP contribution in [0.3, 0.4) is 0 Å². The molecule has 0 radical (unpaired) electrons. The maximum Gasteiger partial charge on any atom is 0.312 e. The van der Waals surface area contributed by atoms with Crippen LogP contribution in [0.4, 0.5) is 0 Å². The van der Waals surface area contributed by atoms with E-state index in [-0.39, 0.29) is 5.41 Å². The summed E-state index contributed by atoms with van der Waals surface area (Å²) >= 11 is 0. The van der Waals surface area contributed by atoms with Gasteiger partial charge in [-0.1, -0.05) is 20.8 Å². The SMILES string of the molecule is CC(C)(C)C1C(=O)OC(O)C1C(C)(C)O. The van der Waals surface area contributed by atoms with Gasteiger partial charge in [-0.15, -0.1) is 0 Å². The molecule has 4 nitrogen and oxygen atoms in total. The number of esters is 1. The van der Waals surface area contributed by atoms with Crippen molar-refractivity contribution in [3.63, 3.8) is 0 Å². The summed E-state index contributed by atoms with van der Waals surface area (Å²) < 4.78 is 4.80. The molecule has 4 heteroatoms. The van der Waals surface area contributed by atoms with Crippen LogP contribution in [0.2, 0.25) is 0 Å². The van der Waals surface area contributed by atoms with Gasteiger partial charge in [0.2, 0.25) is 6.29 Å². The van der Waals surface area contributed by atoms with E-state index in [2.05, 4.69) is 0 Å². The number of aliphatic hydroxyl groups is 2. The van der Waals surface area contributed by atoms with Gasteiger partial charge in [0.1, 0.15) is 0 Å². The minimum absolute atomic E-state index is 0.334. The normalized spacial score (nSPS) is 33.0. The minimum Gasteiger partial charge on any atom is -0.435 e. The molecule has 1 rings (SSSR count). The number of cyclic esters (lactones) is 1. The summed E-state index contributed by atoms with van der Waals surface area (Å²) in [5.41, 5.74) is -1.47. The Balaban J connectivity index is 3.07. The average Bonchev–Trinajstić information content (AvgIpc) is 2.22. The highest BCUT2D eigenvalue weighted by Crippen LogP contribution is 2.44. The van der Waals surface area contributed by atoms with E-state index in [0.29, 0.717) is 0 Å². The minimum atomic E-state index is -1.21. The van der Waals surface area contributed by atoms with Gasteiger partial charge in [0.15, 0.2) is 0 Å². The van der Waals surface area contributed by atoms with E-state index in [4.69, 9.17) is 4.74 Å². The molecule has 1 heterocycles. The van der Waals surface area contributed by atoms with E-state index in [1.807, 2.05) is 20.8 Å². The molecular weight excluding hydrogens is 196 g/mol. The third-order valence-corrected chi connectivity index (χ3v) is 2.91. The third-order valence-electron chi connectivity index (χ3n) is 2.91. The Hall–Kier alpha value is -0.610. The number of carbonyl (C=O) groups excluding carboxylic acids is 1. The van der Waals surface area contributed by atoms with Crippen LogP contribution in [0.5, 0.6) is 0 Å². The molecule has 0 aromatic rings. The van der Waals surface area contributed by atoms with Gasteiger partial charge in [-0.25, -0.2) is 0 Å². The second-order valence-corrected chi connectivity index (χ2v) is 5.85. The second-order valence-electron chi connectivity index (χ2n) is 5.85. The van der Waals surface area contributed by atoms with E-state index >= 15 is 0 Å². The Morgan fingerprint density at radius 1 is 1.20 bits per heavy atom. The first-order valence-corrected chi connectivity index (χ1v) is 5.16. The monoisotopic (exact) mass is 216 g/mol. The smallest absolute Gasteiger partial charge is 0.312 e. The molecular formula is C11H20O4. The third kappa shape index (κ3) is 2.32. The molecule has 1 fully saturated rings. The molecule has 3 unspecified atom stereocenters. The van der Waals surface area contributed by atoms with E-state index in [1.165, 1.54) is 0 Å². The summed E-state index contributed by atoms with van der Waals surface area (Å²) in [4.78, 5) is 11.6. The highest BCUT2D eigenvalue weighted by Gasteiger charge is 2.55. The van der Waals surface area contributed by atoms with Crippen molar-refractivity contribution >= 4 is 5.97 Å². The van der Waals surface area contributed by atoms with E-state index < -0.39 is 29.7 Å². The first-order chi connectivity index (χ1) is 6.55. The summed E-state index contributed by atoms with van der Waals surface area (Å²) in [6, 6.07) is 0. The summed E-state index contributed by atoms with van der Waals surface area (Å²) in [7, 11) is 0. The standard InChI is InChI=1S/C11H20O4/c1-10(2,3)6-7(11(4,5)14)9(13)15-8(6)12/h6-7,9,13-14H,1-5H3. The molecule has 0 aromatic heterocycles. The Bertz CT molecular complexity index is 259. The van der Waals surface area contributed by atoms with Crippen LogP contribution in [0.15, 0.2) is 0 Å². The summed E-state index contributed by atoms with van der Waals surface area (Å²) in [6.45, 7) is 8.87. The second kappa shape index (κ2) is 3.46. The quantitative estimate of drug-likeness (QED) is 0.639. The average molecular weight is 216 g/mol. The first-order valence-electron chi connectivity index (χ1n) is 5.16. The molecule has 1 aliphatic rings. The highest BCUT2D eigenvalue weighted by atomic mass is 16.6. The van der Waals surface area contributed by atoms with Crippen LogP contribution >= 0.6 is 0 Å². The molecule has 0 amide bonds. The Morgan fingerprint density at radius 2 is 1.67 bits per heavy atom. The Morgan fingerprint density at radius 3 is 1.93 bits per heavy atom. The van der Waals surface area contributed by atoms with Crippen molar-refractivity contribution in [1.29, 1.82) is 0 Å². The van der Waals surface area contributed by atoms with Crippen LogP contribution < -0.4 is 0 Å². The zero-order valence-corrected chi connectivity index (χ0v) is 9.94. The highest BCUT2D eigenvalue weighted by molar-refractivity contribution is 5.76. The molecule has 0 spiro atoms. The van der Waals surface area contributed by atoms with Crippen molar-refractivity contribution in [2.45, 2.75) is 46.5 Å². The van der Waals surface area contributed by atoms with Crippen molar-refractivity contribution in [3.05, 3.63) is 0 Å². The van der Waals surface area contributed by atoms with Crippen molar-refractivity contribution in [2.75, 3.05) is 0 Å². The van der Waals surface area contributed by atoms with Gasteiger partial charge in [-0.3, -0.25) is 4.79 Å². The fourth-order valence-electron chi connectivity index (χ4n) is 2.23. The molecule has 1 saturated heterocycles. The lowest BCUT2D eigenvalue weighted by Crippen LogP contribution is -2.44. The largest absolute Gasteiger partial charge is 0.435 e. The molecule has 3 atom stereocenters. The van der Waals surface area contributed by atoms with Crippen molar-refractivity contribution in [2.24, 2.45) is 17.3 Å². The number of ether oxygens (including phenoxy) is 1. The number of rotatable bonds is 1. The predicted octanol–water partition coefficient (Wildman–Crippen LogP) is 0.911. The van der Waals surface area contributed by atoms with Crippen LogP contribution in [0.1, 0.15) is 34.6 Å². The zero-order valence-electron chi connectivity index (χ0n) is 9.94. The van der Waals surface area contributed by atoms with E-state index in [0.717, 1.165) is 0 Å². The van der Waals surface area contributed by atoms with Gasteiger partial charge in [0.25, 0.3) is 0 Å². The van der Waals surface area contributed by atoms with E-state index in [1.54, 1.807) is 13.8 Å². The van der Waals surface area contributed by atoms with Crippen molar-refractivity contribution in [3.8, 4) is 0 Å². The molecule has 0 saturated carbocycles. The number of carbonyl (C=O) groups is 1. The van der Waals surface area contributed by atoms with Gasteiger partial charge < -0.3 is 14.9 Å². The molecule has 2 N–H and O–H groups in total. The van der Waals surface area contributed by atoms with Gasteiger partial charge in [0, 0.05) is 0 Å². The van der Waals surface area contributed by atoms with Gasteiger partial charge in [0.05, 0.1) is 17.4 Å². The van der Waals surface area contributed by atoms with Crippen molar-refractivity contribution in [1.82, 2.24) is 0 Å². The zero-order chi connectivity index (χ0) is 12.0. The van der Waals surface area contributed by atoms with Crippen LogP contribution in [-0.2, 0) is 9.53 Å². The van der Waals surface area contributed by atoms with Crippen LogP contribution in [0, 0.1) is 17.3 Å². The maximum absolute atomic E-state index is 11.6. The topological polar surface area (TPSA) is 66.8 Å². The summed E-state index contributed by atoms with van der Waals surface area (Å²) in [6.07, 6.45) is -1.21. The summed E-state index contributed by atoms with van der Waals surface area (Å²) in [5, 5.41) is 19.6. The Kier molecular flexibility index (Phi) is 2.87. The number of aliphatic hydroxyl groups excluding tert-OH is 1. The molecule has 88 valence electrons. The fraction of sp³-hybridized carbons (Fsp3) is 0.909. The molecule has 1 aliphatic heterocycles.